The Labute approximate surface area is 216 Å². The average Bonchev–Trinajstić information content (AvgIpc) is 3.32. The molecule has 0 radical (unpaired) electrons. The number of amides is 2. The Hall–Kier alpha value is -3.58. The SMILES string of the molecule is COc1cc(C(=O)N2CCC(c3ccc(NC(=O)/C=C/c4ccc(C)s4)cc3)CC2)cc(OC)c1C. The van der Waals surface area contributed by atoms with E-state index >= 15 is 0 Å². The molecular weight excluding hydrogens is 472 g/mol. The Morgan fingerprint density at radius 2 is 1.61 bits per heavy atom. The molecule has 2 amide bonds. The van der Waals surface area contributed by atoms with Crippen molar-refractivity contribution in [3.05, 3.63) is 81.1 Å². The molecule has 2 heterocycles. The predicted molar refractivity (Wildman–Crippen MR) is 145 cm³/mol. The van der Waals surface area contributed by atoms with Gasteiger partial charge in [0.2, 0.25) is 5.91 Å². The fourth-order valence-corrected chi connectivity index (χ4v) is 5.31. The molecule has 36 heavy (non-hydrogen) atoms. The van der Waals surface area contributed by atoms with Crippen LogP contribution < -0.4 is 14.8 Å². The zero-order valence-corrected chi connectivity index (χ0v) is 22.0. The fourth-order valence-electron chi connectivity index (χ4n) is 4.53. The van der Waals surface area contributed by atoms with Crippen molar-refractivity contribution in [3.8, 4) is 11.5 Å². The predicted octanol–water partition coefficient (Wildman–Crippen LogP) is 6.05. The Morgan fingerprint density at radius 1 is 0.972 bits per heavy atom. The first-order valence-electron chi connectivity index (χ1n) is 12.0. The van der Waals surface area contributed by atoms with Crippen LogP contribution in [-0.4, -0.2) is 44.0 Å². The lowest BCUT2D eigenvalue weighted by Gasteiger charge is -2.32. The number of hydrogen-bond acceptors (Lipinski definition) is 5. The lowest BCUT2D eigenvalue weighted by molar-refractivity contribution is -0.111. The van der Waals surface area contributed by atoms with Crippen LogP contribution in [0.2, 0.25) is 0 Å². The number of benzene rings is 2. The minimum Gasteiger partial charge on any atom is -0.496 e. The highest BCUT2D eigenvalue weighted by atomic mass is 32.1. The van der Waals surface area contributed by atoms with E-state index in [9.17, 15) is 9.59 Å². The molecule has 3 aromatic rings. The number of anilines is 1. The van der Waals surface area contributed by atoms with Gasteiger partial charge in [-0.3, -0.25) is 9.59 Å². The van der Waals surface area contributed by atoms with Crippen molar-refractivity contribution in [1.82, 2.24) is 4.90 Å². The number of methoxy groups -OCH3 is 2. The number of hydrogen-bond donors (Lipinski definition) is 1. The van der Waals surface area contributed by atoms with E-state index < -0.39 is 0 Å². The summed E-state index contributed by atoms with van der Waals surface area (Å²) < 4.78 is 10.9. The van der Waals surface area contributed by atoms with Gasteiger partial charge in [0.25, 0.3) is 5.91 Å². The highest BCUT2D eigenvalue weighted by Crippen LogP contribution is 2.32. The van der Waals surface area contributed by atoms with Crippen molar-refractivity contribution in [2.24, 2.45) is 0 Å². The van der Waals surface area contributed by atoms with Crippen LogP contribution in [0.1, 0.15) is 50.0 Å². The Balaban J connectivity index is 1.32. The van der Waals surface area contributed by atoms with E-state index in [1.165, 1.54) is 10.4 Å². The lowest BCUT2D eigenvalue weighted by Crippen LogP contribution is -2.38. The summed E-state index contributed by atoms with van der Waals surface area (Å²) in [4.78, 5) is 29.6. The van der Waals surface area contributed by atoms with Gasteiger partial charge in [0.1, 0.15) is 11.5 Å². The first-order valence-corrected chi connectivity index (χ1v) is 12.9. The minimum atomic E-state index is -0.148. The summed E-state index contributed by atoms with van der Waals surface area (Å²) in [6.07, 6.45) is 5.17. The third-order valence-electron chi connectivity index (χ3n) is 6.59. The van der Waals surface area contributed by atoms with Crippen LogP contribution in [0.15, 0.2) is 54.6 Å². The smallest absolute Gasteiger partial charge is 0.254 e. The Bertz CT molecular complexity index is 1230. The van der Waals surface area contributed by atoms with Crippen molar-refractivity contribution < 1.29 is 19.1 Å². The molecular formula is C29H32N2O4S. The van der Waals surface area contributed by atoms with Gasteiger partial charge in [0, 0.05) is 45.7 Å². The highest BCUT2D eigenvalue weighted by Gasteiger charge is 2.26. The normalized spacial score (nSPS) is 14.2. The molecule has 0 aliphatic carbocycles. The molecule has 1 aliphatic heterocycles. The number of thiophene rings is 1. The summed E-state index contributed by atoms with van der Waals surface area (Å²) in [5.74, 6) is 1.52. The molecule has 188 valence electrons. The number of carbonyl (C=O) groups excluding carboxylic acids is 2. The summed E-state index contributed by atoms with van der Waals surface area (Å²) in [5, 5.41) is 2.92. The van der Waals surface area contributed by atoms with Crippen LogP contribution in [-0.2, 0) is 4.79 Å². The number of rotatable bonds is 7. The maximum absolute atomic E-state index is 13.2. The number of aryl methyl sites for hydroxylation is 1. The fraction of sp³-hybridized carbons (Fsp3) is 0.310. The molecule has 0 spiro atoms. The van der Waals surface area contributed by atoms with E-state index in [0.29, 0.717) is 36.1 Å². The van der Waals surface area contributed by atoms with Gasteiger partial charge < -0.3 is 19.7 Å². The van der Waals surface area contributed by atoms with Crippen molar-refractivity contribution in [2.75, 3.05) is 32.6 Å². The van der Waals surface area contributed by atoms with Crippen LogP contribution in [0.5, 0.6) is 11.5 Å². The summed E-state index contributed by atoms with van der Waals surface area (Å²) in [5.41, 5.74) is 3.45. The molecule has 6 nitrogen and oxygen atoms in total. The zero-order valence-electron chi connectivity index (χ0n) is 21.2. The summed E-state index contributed by atoms with van der Waals surface area (Å²) >= 11 is 1.66. The summed E-state index contributed by atoms with van der Waals surface area (Å²) in [7, 11) is 3.20. The van der Waals surface area contributed by atoms with E-state index in [-0.39, 0.29) is 11.8 Å². The first-order chi connectivity index (χ1) is 17.4. The first kappa shape index (κ1) is 25.5. The summed E-state index contributed by atoms with van der Waals surface area (Å²) in [6.45, 7) is 5.34. The molecule has 1 fully saturated rings. The molecule has 0 saturated carbocycles. The molecule has 2 aromatic carbocycles. The van der Waals surface area contributed by atoms with Crippen molar-refractivity contribution in [3.63, 3.8) is 0 Å². The standard InChI is InChI=1S/C29H32N2O4S/c1-19-5-10-25(36-19)11-12-28(32)30-24-8-6-21(7-9-24)22-13-15-31(16-14-22)29(33)23-17-26(34-3)20(2)27(18-23)35-4/h5-12,17-18,22H,13-16H2,1-4H3,(H,30,32)/b12-11+. The van der Waals surface area contributed by atoms with Crippen LogP contribution in [0.25, 0.3) is 6.08 Å². The highest BCUT2D eigenvalue weighted by molar-refractivity contribution is 7.12. The summed E-state index contributed by atoms with van der Waals surface area (Å²) in [6, 6.07) is 15.6. The largest absolute Gasteiger partial charge is 0.496 e. The minimum absolute atomic E-state index is 0.00567. The number of piperidine rings is 1. The average molecular weight is 505 g/mol. The molecule has 1 saturated heterocycles. The van der Waals surface area contributed by atoms with Gasteiger partial charge in [-0.05, 0) is 80.6 Å². The maximum atomic E-state index is 13.2. The number of nitrogens with one attached hydrogen (secondary N) is 1. The molecule has 1 N–H and O–H groups in total. The van der Waals surface area contributed by atoms with E-state index in [1.54, 1.807) is 43.8 Å². The number of ether oxygens (including phenoxy) is 2. The van der Waals surface area contributed by atoms with Gasteiger partial charge >= 0.3 is 0 Å². The zero-order chi connectivity index (χ0) is 25.7. The topological polar surface area (TPSA) is 67.9 Å². The number of carbonyl (C=O) groups is 2. The van der Waals surface area contributed by atoms with Crippen LogP contribution >= 0.6 is 11.3 Å². The molecule has 1 aromatic heterocycles. The lowest BCUT2D eigenvalue weighted by atomic mass is 9.89. The molecule has 4 rings (SSSR count). The number of nitrogens with zero attached hydrogens (tertiary/aromatic N) is 1. The molecule has 0 unspecified atom stereocenters. The molecule has 0 atom stereocenters. The van der Waals surface area contributed by atoms with Crippen molar-refractivity contribution in [1.29, 1.82) is 0 Å². The van der Waals surface area contributed by atoms with Crippen molar-refractivity contribution >= 4 is 34.9 Å². The van der Waals surface area contributed by atoms with Crippen molar-refractivity contribution in [2.45, 2.75) is 32.6 Å². The van der Waals surface area contributed by atoms with E-state index in [0.717, 1.165) is 29.0 Å². The van der Waals surface area contributed by atoms with Gasteiger partial charge in [-0.1, -0.05) is 12.1 Å². The maximum Gasteiger partial charge on any atom is 0.254 e. The second-order valence-electron chi connectivity index (χ2n) is 8.97. The van der Waals surface area contributed by atoms with Crippen LogP contribution in [0.4, 0.5) is 5.69 Å². The van der Waals surface area contributed by atoms with E-state index in [1.807, 2.05) is 49.1 Å². The van der Waals surface area contributed by atoms with Gasteiger partial charge in [-0.2, -0.15) is 0 Å². The monoisotopic (exact) mass is 504 g/mol. The quantitative estimate of drug-likeness (QED) is 0.398. The second-order valence-corrected chi connectivity index (χ2v) is 10.3. The van der Waals surface area contributed by atoms with Crippen LogP contribution in [0.3, 0.4) is 0 Å². The van der Waals surface area contributed by atoms with Gasteiger partial charge in [0.05, 0.1) is 14.2 Å². The molecule has 7 heteroatoms. The van der Waals surface area contributed by atoms with Gasteiger partial charge in [-0.15, -0.1) is 11.3 Å². The van der Waals surface area contributed by atoms with Gasteiger partial charge in [0.15, 0.2) is 0 Å². The molecule has 0 bridgehead atoms. The van der Waals surface area contributed by atoms with E-state index in [4.69, 9.17) is 9.47 Å². The third-order valence-corrected chi connectivity index (χ3v) is 7.56. The molecule has 1 aliphatic rings. The number of likely N-dealkylation sites (tertiary alicyclic amines) is 1. The van der Waals surface area contributed by atoms with Crippen LogP contribution in [0, 0.1) is 13.8 Å². The second kappa shape index (κ2) is 11.4. The van der Waals surface area contributed by atoms with E-state index in [2.05, 4.69) is 17.4 Å². The Kier molecular flexibility index (Phi) is 8.10. The Morgan fingerprint density at radius 3 is 2.17 bits per heavy atom. The third kappa shape index (κ3) is 5.97. The van der Waals surface area contributed by atoms with Gasteiger partial charge in [-0.25, -0.2) is 0 Å².